The van der Waals surface area contributed by atoms with Crippen molar-refractivity contribution >= 4 is 11.3 Å². The van der Waals surface area contributed by atoms with E-state index in [1.807, 2.05) is 6.07 Å². The van der Waals surface area contributed by atoms with E-state index < -0.39 is 6.10 Å². The average Bonchev–Trinajstić information content (AvgIpc) is 2.98. The summed E-state index contributed by atoms with van der Waals surface area (Å²) in [7, 11) is 1.58. The van der Waals surface area contributed by atoms with E-state index >= 15 is 0 Å². The lowest BCUT2D eigenvalue weighted by Gasteiger charge is -2.23. The Labute approximate surface area is 139 Å². The summed E-state index contributed by atoms with van der Waals surface area (Å²) >= 11 is 1.55. The van der Waals surface area contributed by atoms with Crippen LogP contribution in [0.25, 0.3) is 10.6 Å². The van der Waals surface area contributed by atoms with E-state index in [-0.39, 0.29) is 11.9 Å². The maximum Gasteiger partial charge on any atom is 0.133 e. The van der Waals surface area contributed by atoms with Gasteiger partial charge in [0.05, 0.1) is 18.4 Å². The van der Waals surface area contributed by atoms with Gasteiger partial charge in [-0.2, -0.15) is 0 Å². The average molecular weight is 336 g/mol. The molecule has 0 fully saturated rings. The fourth-order valence-electron chi connectivity index (χ4n) is 2.89. The van der Waals surface area contributed by atoms with Crippen molar-refractivity contribution in [2.75, 3.05) is 20.3 Å². The van der Waals surface area contributed by atoms with Crippen LogP contribution < -0.4 is 5.32 Å². The van der Waals surface area contributed by atoms with Gasteiger partial charge in [0.25, 0.3) is 0 Å². The molecule has 1 heterocycles. The standard InChI is InChI=1S/C17H21FN2O2S/c1-22-10-11(21)9-19-14-7-4-8-15-16(14)23-17(20-15)12-5-2-3-6-13(12)18/h2-3,5-6,11,14,19,21H,4,7-10H2,1H3. The zero-order valence-electron chi connectivity index (χ0n) is 13.1. The highest BCUT2D eigenvalue weighted by atomic mass is 32.1. The summed E-state index contributed by atoms with van der Waals surface area (Å²) in [5.41, 5.74) is 1.61. The number of hydrogen-bond acceptors (Lipinski definition) is 5. The first-order valence-electron chi connectivity index (χ1n) is 7.84. The number of aromatic nitrogens is 1. The Morgan fingerprint density at radius 2 is 2.30 bits per heavy atom. The third-order valence-corrected chi connectivity index (χ3v) is 5.26. The molecule has 6 heteroatoms. The van der Waals surface area contributed by atoms with Gasteiger partial charge in [-0.25, -0.2) is 9.37 Å². The minimum Gasteiger partial charge on any atom is -0.389 e. The van der Waals surface area contributed by atoms with E-state index in [2.05, 4.69) is 10.3 Å². The number of methoxy groups -OCH3 is 1. The van der Waals surface area contributed by atoms with Crippen LogP contribution in [0.5, 0.6) is 0 Å². The highest BCUT2D eigenvalue weighted by Gasteiger charge is 2.25. The van der Waals surface area contributed by atoms with Crippen LogP contribution in [0.4, 0.5) is 4.39 Å². The van der Waals surface area contributed by atoms with E-state index in [9.17, 15) is 9.50 Å². The molecule has 0 amide bonds. The van der Waals surface area contributed by atoms with Crippen LogP contribution in [0.1, 0.15) is 29.5 Å². The molecule has 124 valence electrons. The molecule has 0 radical (unpaired) electrons. The Morgan fingerprint density at radius 1 is 1.48 bits per heavy atom. The van der Waals surface area contributed by atoms with Crippen LogP contribution >= 0.6 is 11.3 Å². The Bertz CT molecular complexity index is 662. The van der Waals surface area contributed by atoms with Crippen LogP contribution in [-0.2, 0) is 11.2 Å². The van der Waals surface area contributed by atoms with Crippen molar-refractivity contribution in [2.45, 2.75) is 31.4 Å². The fourth-order valence-corrected chi connectivity index (χ4v) is 4.14. The monoisotopic (exact) mass is 336 g/mol. The molecule has 0 saturated carbocycles. The molecule has 23 heavy (non-hydrogen) atoms. The summed E-state index contributed by atoms with van der Waals surface area (Å²) in [5, 5.41) is 13.9. The number of nitrogens with one attached hydrogen (secondary N) is 1. The van der Waals surface area contributed by atoms with Gasteiger partial charge in [0.15, 0.2) is 0 Å². The van der Waals surface area contributed by atoms with Crippen LogP contribution in [0.2, 0.25) is 0 Å². The van der Waals surface area contributed by atoms with Gasteiger partial charge >= 0.3 is 0 Å². The largest absolute Gasteiger partial charge is 0.389 e. The van der Waals surface area contributed by atoms with Crippen molar-refractivity contribution in [2.24, 2.45) is 0 Å². The predicted octanol–water partition coefficient (Wildman–Crippen LogP) is 2.92. The lowest BCUT2D eigenvalue weighted by molar-refractivity contribution is 0.0623. The first-order chi connectivity index (χ1) is 11.2. The van der Waals surface area contributed by atoms with Crippen molar-refractivity contribution in [3.63, 3.8) is 0 Å². The minimum absolute atomic E-state index is 0.170. The molecular formula is C17H21FN2O2S. The van der Waals surface area contributed by atoms with Crippen molar-refractivity contribution in [1.82, 2.24) is 10.3 Å². The van der Waals surface area contributed by atoms with Crippen LogP contribution in [0.15, 0.2) is 24.3 Å². The maximum absolute atomic E-state index is 14.0. The van der Waals surface area contributed by atoms with Crippen molar-refractivity contribution in [3.05, 3.63) is 40.7 Å². The molecule has 3 rings (SSSR count). The first kappa shape index (κ1) is 16.5. The second kappa shape index (κ2) is 7.49. The highest BCUT2D eigenvalue weighted by Crippen LogP contribution is 2.38. The van der Waals surface area contributed by atoms with E-state index in [4.69, 9.17) is 4.74 Å². The van der Waals surface area contributed by atoms with Gasteiger partial charge in [0.2, 0.25) is 0 Å². The summed E-state index contributed by atoms with van der Waals surface area (Å²) in [5.74, 6) is -0.237. The second-order valence-electron chi connectivity index (χ2n) is 5.77. The van der Waals surface area contributed by atoms with E-state index in [0.29, 0.717) is 18.7 Å². The number of nitrogens with zero attached hydrogens (tertiary/aromatic N) is 1. The molecule has 1 aromatic heterocycles. The predicted molar refractivity (Wildman–Crippen MR) is 89.1 cm³/mol. The zero-order chi connectivity index (χ0) is 16.2. The van der Waals surface area contributed by atoms with Gasteiger partial charge in [-0.15, -0.1) is 11.3 Å². The number of benzene rings is 1. The van der Waals surface area contributed by atoms with Gasteiger partial charge in [-0.3, -0.25) is 0 Å². The molecule has 2 N–H and O–H groups in total. The molecule has 4 nitrogen and oxygen atoms in total. The lowest BCUT2D eigenvalue weighted by Crippen LogP contribution is -2.33. The summed E-state index contributed by atoms with van der Waals surface area (Å²) in [4.78, 5) is 5.81. The molecule has 0 aliphatic heterocycles. The Hall–Kier alpha value is -1.34. The number of ether oxygens (including phenoxy) is 1. The number of hydrogen-bond donors (Lipinski definition) is 2. The van der Waals surface area contributed by atoms with Crippen molar-refractivity contribution in [1.29, 1.82) is 0 Å². The molecule has 0 spiro atoms. The van der Waals surface area contributed by atoms with Crippen LogP contribution in [-0.4, -0.2) is 36.5 Å². The molecule has 2 unspecified atom stereocenters. The Morgan fingerprint density at radius 3 is 3.09 bits per heavy atom. The smallest absolute Gasteiger partial charge is 0.133 e. The molecule has 2 atom stereocenters. The van der Waals surface area contributed by atoms with E-state index in [0.717, 1.165) is 30.0 Å². The normalized spacial score (nSPS) is 18.7. The zero-order valence-corrected chi connectivity index (χ0v) is 13.9. The van der Waals surface area contributed by atoms with Crippen molar-refractivity contribution in [3.8, 4) is 10.6 Å². The molecule has 1 aliphatic rings. The number of thiazole rings is 1. The third-order valence-electron chi connectivity index (χ3n) is 4.01. The summed E-state index contributed by atoms with van der Waals surface area (Å²) < 4.78 is 18.9. The lowest BCUT2D eigenvalue weighted by atomic mass is 9.98. The van der Waals surface area contributed by atoms with E-state index in [1.54, 1.807) is 30.6 Å². The molecule has 0 bridgehead atoms. The van der Waals surface area contributed by atoms with Gasteiger partial charge in [-0.1, -0.05) is 12.1 Å². The van der Waals surface area contributed by atoms with Gasteiger partial charge < -0.3 is 15.2 Å². The summed E-state index contributed by atoms with van der Waals surface area (Å²) in [6.45, 7) is 0.792. The molecule has 1 aliphatic carbocycles. The fraction of sp³-hybridized carbons (Fsp3) is 0.471. The van der Waals surface area contributed by atoms with Gasteiger partial charge in [0.1, 0.15) is 10.8 Å². The third kappa shape index (κ3) is 3.77. The number of halogens is 1. The van der Waals surface area contributed by atoms with E-state index in [1.165, 1.54) is 10.9 Å². The highest BCUT2D eigenvalue weighted by molar-refractivity contribution is 7.15. The Balaban J connectivity index is 1.78. The molecule has 1 aromatic carbocycles. The van der Waals surface area contributed by atoms with Gasteiger partial charge in [-0.05, 0) is 31.4 Å². The quantitative estimate of drug-likeness (QED) is 0.852. The second-order valence-corrected chi connectivity index (χ2v) is 6.80. The van der Waals surface area contributed by atoms with Crippen LogP contribution in [0.3, 0.4) is 0 Å². The first-order valence-corrected chi connectivity index (χ1v) is 8.65. The van der Waals surface area contributed by atoms with Crippen LogP contribution in [0, 0.1) is 5.82 Å². The number of fused-ring (bicyclic) bond motifs is 1. The summed E-state index contributed by atoms with van der Waals surface area (Å²) in [6.07, 6.45) is 2.46. The topological polar surface area (TPSA) is 54.4 Å². The molecule has 0 saturated heterocycles. The Kier molecular flexibility index (Phi) is 5.38. The number of aliphatic hydroxyl groups excluding tert-OH is 1. The number of aliphatic hydroxyl groups is 1. The van der Waals surface area contributed by atoms with Gasteiger partial charge in [0, 0.05) is 30.1 Å². The molecule has 2 aromatic rings. The SMILES string of the molecule is COCC(O)CNC1CCCc2nc(-c3ccccc3F)sc21. The number of rotatable bonds is 6. The number of aryl methyl sites for hydroxylation is 1. The maximum atomic E-state index is 14.0. The summed E-state index contributed by atoms with van der Waals surface area (Å²) in [6, 6.07) is 6.92. The molecular weight excluding hydrogens is 315 g/mol. The minimum atomic E-state index is -0.524. The van der Waals surface area contributed by atoms with Crippen molar-refractivity contribution < 1.29 is 14.2 Å².